The lowest BCUT2D eigenvalue weighted by atomic mass is 9.98. The van der Waals surface area contributed by atoms with Crippen LogP contribution < -0.4 is 48.3 Å². The van der Waals surface area contributed by atoms with Gasteiger partial charge in [0.1, 0.15) is 36.3 Å². The van der Waals surface area contributed by atoms with E-state index in [9.17, 15) is 48.3 Å². The first-order chi connectivity index (χ1) is 29.8. The Morgan fingerprint density at radius 2 is 0.922 bits per heavy atom. The smallest absolute Gasteiger partial charge is 0.326 e. The Hall–Kier alpha value is -5.59. The summed E-state index contributed by atoms with van der Waals surface area (Å²) in [5, 5.41) is 30.4. The van der Waals surface area contributed by atoms with E-state index in [1.807, 2.05) is 13.8 Å². The van der Waals surface area contributed by atoms with E-state index in [1.165, 1.54) is 0 Å². The van der Waals surface area contributed by atoms with E-state index in [-0.39, 0.29) is 36.5 Å². The molecule has 19 nitrogen and oxygen atoms in total. The van der Waals surface area contributed by atoms with E-state index >= 15 is 0 Å². The zero-order valence-corrected chi connectivity index (χ0v) is 39.6. The van der Waals surface area contributed by atoms with Crippen LogP contribution in [0.2, 0.25) is 0 Å². The number of hydrogen-bond acceptors (Lipinski definition) is 10. The van der Waals surface area contributed by atoms with Crippen molar-refractivity contribution < 1.29 is 48.3 Å². The molecule has 0 heterocycles. The molecular weight excluding hydrogens is 827 g/mol. The maximum atomic E-state index is 13.8. The first-order valence-corrected chi connectivity index (χ1v) is 22.2. The summed E-state index contributed by atoms with van der Waals surface area (Å²) in [4.78, 5) is 118. The number of carboxylic acids is 1. The van der Waals surface area contributed by atoms with Gasteiger partial charge in [-0.2, -0.15) is 0 Å². The summed E-state index contributed by atoms with van der Waals surface area (Å²) >= 11 is 0. The highest BCUT2D eigenvalue weighted by molar-refractivity contribution is 5.97. The second-order valence-corrected chi connectivity index (χ2v) is 18.2. The summed E-state index contributed by atoms with van der Waals surface area (Å²) in [6.45, 7) is 19.8. The van der Waals surface area contributed by atoms with Crippen molar-refractivity contribution in [1.29, 1.82) is 0 Å². The number of hydrogen-bond donors (Lipinski definition) is 10. The number of carbonyl (C=O) groups excluding carboxylic acids is 8. The maximum Gasteiger partial charge on any atom is 0.326 e. The molecule has 0 saturated heterocycles. The summed E-state index contributed by atoms with van der Waals surface area (Å²) in [6.07, 6.45) is 0.725. The van der Waals surface area contributed by atoms with Gasteiger partial charge in [0.05, 0.1) is 19.1 Å². The molecule has 0 aliphatic carbocycles. The first kappa shape index (κ1) is 56.4. The summed E-state index contributed by atoms with van der Waals surface area (Å²) in [7, 11) is 0. The number of carboxylic acid groups (broad SMARTS) is 1. The van der Waals surface area contributed by atoms with Crippen molar-refractivity contribution in [2.24, 2.45) is 41.2 Å². The van der Waals surface area contributed by atoms with Crippen molar-refractivity contribution in [3.63, 3.8) is 0 Å². The molecule has 0 aliphatic rings. The Bertz CT molecular complexity index is 1740. The van der Waals surface area contributed by atoms with Crippen LogP contribution in [0.5, 0.6) is 0 Å². The largest absolute Gasteiger partial charge is 0.480 e. The maximum absolute atomic E-state index is 13.8. The Morgan fingerprint density at radius 3 is 1.34 bits per heavy atom. The van der Waals surface area contributed by atoms with Crippen molar-refractivity contribution >= 4 is 53.2 Å². The van der Waals surface area contributed by atoms with E-state index in [0.717, 1.165) is 0 Å². The SMILES string of the molecule is CC[C@H](C)[C@H](NC(=O)CNC(=O)[C@H](Cc1ccccc1)NC(=O)[C@@H](NC(=O)[C@@H](NC(=O)CNC(=O)[C@H](CC(C)C)NC(=O)[C@@H](NC(=O)[C@@H](N)C(C)C)C(C)C)C(C)C)C(C)C)C(=O)O. The lowest BCUT2D eigenvalue weighted by Crippen LogP contribution is -2.60. The van der Waals surface area contributed by atoms with Gasteiger partial charge >= 0.3 is 5.97 Å². The van der Waals surface area contributed by atoms with Gasteiger partial charge in [-0.3, -0.25) is 38.4 Å². The molecule has 0 fully saturated rings. The minimum atomic E-state index is -1.21. The zero-order valence-electron chi connectivity index (χ0n) is 39.6. The van der Waals surface area contributed by atoms with Crippen LogP contribution in [0.1, 0.15) is 101 Å². The van der Waals surface area contributed by atoms with Crippen LogP contribution in [0.25, 0.3) is 0 Å². The van der Waals surface area contributed by atoms with Gasteiger partial charge in [-0.15, -0.1) is 0 Å². The molecule has 1 rings (SSSR count). The highest BCUT2D eigenvalue weighted by atomic mass is 16.4. The molecule has 1 aromatic rings. The van der Waals surface area contributed by atoms with Gasteiger partial charge < -0.3 is 53.4 Å². The molecule has 19 heteroatoms. The third kappa shape index (κ3) is 19.4. The topological polar surface area (TPSA) is 296 Å². The lowest BCUT2D eigenvalue weighted by molar-refractivity contribution is -0.143. The molecule has 0 spiro atoms. The predicted molar refractivity (Wildman–Crippen MR) is 242 cm³/mol. The number of aliphatic carboxylic acids is 1. The molecule has 0 unspecified atom stereocenters. The highest BCUT2D eigenvalue weighted by Crippen LogP contribution is 2.12. The van der Waals surface area contributed by atoms with Crippen LogP contribution in [-0.2, 0) is 49.6 Å². The molecule has 64 heavy (non-hydrogen) atoms. The monoisotopic (exact) mass is 902 g/mol. The molecule has 11 N–H and O–H groups in total. The number of carbonyl (C=O) groups is 9. The van der Waals surface area contributed by atoms with Crippen LogP contribution in [0.15, 0.2) is 30.3 Å². The molecule has 0 aromatic heterocycles. The van der Waals surface area contributed by atoms with E-state index in [1.54, 1.807) is 99.6 Å². The summed E-state index contributed by atoms with van der Waals surface area (Å²) in [6, 6.07) is 1.18. The van der Waals surface area contributed by atoms with E-state index in [0.29, 0.717) is 12.0 Å². The average Bonchev–Trinajstić information content (AvgIpc) is 3.22. The van der Waals surface area contributed by atoms with Gasteiger partial charge in [0.25, 0.3) is 0 Å². The van der Waals surface area contributed by atoms with Crippen LogP contribution in [0.4, 0.5) is 0 Å². The average molecular weight is 902 g/mol. The number of benzene rings is 1. The van der Waals surface area contributed by atoms with Crippen LogP contribution >= 0.6 is 0 Å². The highest BCUT2D eigenvalue weighted by Gasteiger charge is 2.35. The Balaban J connectivity index is 3.11. The lowest BCUT2D eigenvalue weighted by Gasteiger charge is -2.29. The fourth-order valence-corrected chi connectivity index (χ4v) is 6.40. The first-order valence-electron chi connectivity index (χ1n) is 22.2. The van der Waals surface area contributed by atoms with Gasteiger partial charge in [0, 0.05) is 6.42 Å². The predicted octanol–water partition coefficient (Wildman–Crippen LogP) is 0.498. The number of nitrogens with two attached hydrogens (primary N) is 1. The van der Waals surface area contributed by atoms with Crippen LogP contribution in [-0.4, -0.2) is 114 Å². The van der Waals surface area contributed by atoms with E-state index < -0.39 is 120 Å². The van der Waals surface area contributed by atoms with Gasteiger partial charge in [-0.25, -0.2) is 4.79 Å². The van der Waals surface area contributed by atoms with Gasteiger partial charge in [0.15, 0.2) is 0 Å². The Labute approximate surface area is 378 Å². The molecule has 0 bridgehead atoms. The molecule has 0 saturated carbocycles. The van der Waals surface area contributed by atoms with E-state index in [2.05, 4.69) is 42.5 Å². The standard InChI is InChI=1S/C45H75N9O10/c1-13-28(12)38(45(63)64)52-33(56)22-48-40(58)31(20-29-17-15-14-16-18-29)50-43(61)37(27(10)11)54-44(62)35(25(6)7)51-32(55)21-47-39(57)30(19-23(2)3)49-42(60)36(26(8)9)53-41(59)34(46)24(4)5/h14-18,23-28,30-31,34-38H,13,19-22,46H2,1-12H3,(H,47,57)(H,48,58)(H,49,60)(H,50,61)(H,51,55)(H,52,56)(H,53,59)(H,54,62)(H,63,64)/t28-,30-,31-,34-,35-,36-,37-,38-/m0/s1. The summed E-state index contributed by atoms with van der Waals surface area (Å²) < 4.78 is 0. The summed E-state index contributed by atoms with van der Waals surface area (Å²) in [5.74, 6) is -8.47. The van der Waals surface area contributed by atoms with Gasteiger partial charge in [-0.1, -0.05) is 120 Å². The number of nitrogens with one attached hydrogen (secondary N) is 8. The molecule has 8 atom stereocenters. The molecule has 0 aliphatic heterocycles. The van der Waals surface area contributed by atoms with Gasteiger partial charge in [0.2, 0.25) is 47.3 Å². The van der Waals surface area contributed by atoms with Crippen LogP contribution in [0.3, 0.4) is 0 Å². The van der Waals surface area contributed by atoms with E-state index in [4.69, 9.17) is 5.73 Å². The molecule has 0 radical (unpaired) electrons. The number of amides is 8. The fraction of sp³-hybridized carbons (Fsp3) is 0.667. The summed E-state index contributed by atoms with van der Waals surface area (Å²) in [5.41, 5.74) is 6.67. The van der Waals surface area contributed by atoms with Crippen molar-refractivity contribution in [3.8, 4) is 0 Å². The molecule has 360 valence electrons. The Morgan fingerprint density at radius 1 is 0.516 bits per heavy atom. The minimum Gasteiger partial charge on any atom is -0.480 e. The molecular formula is C45H75N9O10. The fourth-order valence-electron chi connectivity index (χ4n) is 6.40. The van der Waals surface area contributed by atoms with Gasteiger partial charge in [-0.05, 0) is 47.5 Å². The molecule has 1 aromatic carbocycles. The van der Waals surface area contributed by atoms with Crippen molar-refractivity contribution in [2.75, 3.05) is 13.1 Å². The normalized spacial score (nSPS) is 15.2. The second-order valence-electron chi connectivity index (χ2n) is 18.2. The quantitative estimate of drug-likeness (QED) is 0.0580. The van der Waals surface area contributed by atoms with Crippen molar-refractivity contribution in [2.45, 2.75) is 145 Å². The third-order valence-corrected chi connectivity index (χ3v) is 10.7. The Kier molecular flexibility index (Phi) is 24.3. The minimum absolute atomic E-state index is 0.0173. The van der Waals surface area contributed by atoms with Crippen molar-refractivity contribution in [3.05, 3.63) is 35.9 Å². The number of rotatable bonds is 27. The zero-order chi connectivity index (χ0) is 49.0. The second kappa shape index (κ2) is 27.6. The third-order valence-electron chi connectivity index (χ3n) is 10.7. The van der Waals surface area contributed by atoms with Crippen molar-refractivity contribution in [1.82, 2.24) is 42.5 Å². The van der Waals surface area contributed by atoms with Crippen LogP contribution in [0, 0.1) is 35.5 Å². The molecule has 8 amide bonds.